The van der Waals surface area contributed by atoms with Crippen LogP contribution in [0.5, 0.6) is 0 Å². The Hall–Kier alpha value is -1.76. The molecule has 0 atom stereocenters. The Kier molecular flexibility index (Phi) is 2.95. The number of aromatic nitrogens is 1. The first-order valence-electron chi connectivity index (χ1n) is 4.73. The van der Waals surface area contributed by atoms with Crippen LogP contribution in [0.2, 0.25) is 0 Å². The minimum atomic E-state index is -0.664. The molecule has 16 heavy (non-hydrogen) atoms. The van der Waals surface area contributed by atoms with Crippen molar-refractivity contribution >= 4 is 29.1 Å². The predicted octanol–water partition coefficient (Wildman–Crippen LogP) is -0.404. The second kappa shape index (κ2) is 4.40. The number of thiazole rings is 1. The summed E-state index contributed by atoms with van der Waals surface area (Å²) in [5.41, 5.74) is 0.975. The Morgan fingerprint density at radius 1 is 1.38 bits per heavy atom. The van der Waals surface area contributed by atoms with E-state index in [1.54, 1.807) is 11.3 Å². The van der Waals surface area contributed by atoms with Crippen LogP contribution in [-0.2, 0) is 16.0 Å². The topological polar surface area (TPSA) is 83.5 Å². The van der Waals surface area contributed by atoms with Gasteiger partial charge in [-0.2, -0.15) is 0 Å². The fraction of sp³-hybridized carbons (Fsp3) is 0.333. The number of amides is 2. The van der Waals surface area contributed by atoms with Crippen molar-refractivity contribution in [1.29, 1.82) is 0 Å². The highest BCUT2D eigenvalue weighted by molar-refractivity contribution is 7.09. The molecule has 0 radical (unpaired) electrons. The summed E-state index contributed by atoms with van der Waals surface area (Å²) in [7, 11) is 0. The van der Waals surface area contributed by atoms with Crippen molar-refractivity contribution in [2.75, 3.05) is 6.54 Å². The number of guanidine groups is 1. The van der Waals surface area contributed by atoms with Gasteiger partial charge in [0.05, 0.1) is 10.7 Å². The average Bonchev–Trinajstić information content (AvgIpc) is 2.75. The molecule has 0 aromatic carbocycles. The maximum Gasteiger partial charge on any atom is 0.316 e. The van der Waals surface area contributed by atoms with Gasteiger partial charge in [0.15, 0.2) is 0 Å². The standard InChI is InChI=1S/C9H10N4O2S/c1-5-11-6(4-16-5)2-3-10-9-12-7(14)8(15)13-9/h4H,2-3H2,1H3,(H2,10,12,13,14,15). The molecular formula is C9H10N4O2S. The molecule has 1 aliphatic rings. The molecular weight excluding hydrogens is 228 g/mol. The lowest BCUT2D eigenvalue weighted by atomic mass is 10.3. The first-order valence-corrected chi connectivity index (χ1v) is 5.61. The zero-order valence-corrected chi connectivity index (χ0v) is 9.43. The molecule has 0 aliphatic carbocycles. The Morgan fingerprint density at radius 3 is 2.62 bits per heavy atom. The maximum atomic E-state index is 10.8. The van der Waals surface area contributed by atoms with Crippen molar-refractivity contribution in [3.8, 4) is 0 Å². The van der Waals surface area contributed by atoms with E-state index in [1.807, 2.05) is 12.3 Å². The van der Waals surface area contributed by atoms with Gasteiger partial charge in [-0.15, -0.1) is 11.3 Å². The zero-order valence-electron chi connectivity index (χ0n) is 8.61. The van der Waals surface area contributed by atoms with Crippen LogP contribution >= 0.6 is 11.3 Å². The SMILES string of the molecule is Cc1nc(CCN=C2NC(=O)C(=O)N2)cs1. The molecule has 0 unspecified atom stereocenters. The van der Waals surface area contributed by atoms with Crippen molar-refractivity contribution in [3.05, 3.63) is 16.1 Å². The van der Waals surface area contributed by atoms with E-state index < -0.39 is 11.8 Å². The number of aliphatic imine (C=N–C) groups is 1. The van der Waals surface area contributed by atoms with E-state index in [0.29, 0.717) is 13.0 Å². The lowest BCUT2D eigenvalue weighted by Crippen LogP contribution is -2.26. The summed E-state index contributed by atoms with van der Waals surface area (Å²) >= 11 is 1.59. The summed E-state index contributed by atoms with van der Waals surface area (Å²) in [6.07, 6.45) is 0.694. The van der Waals surface area contributed by atoms with Gasteiger partial charge in [-0.3, -0.25) is 25.2 Å². The van der Waals surface area contributed by atoms with Crippen LogP contribution < -0.4 is 10.6 Å². The van der Waals surface area contributed by atoms with Gasteiger partial charge >= 0.3 is 11.8 Å². The van der Waals surface area contributed by atoms with Crippen LogP contribution in [0.15, 0.2) is 10.4 Å². The zero-order chi connectivity index (χ0) is 11.5. The van der Waals surface area contributed by atoms with Crippen molar-refractivity contribution in [2.45, 2.75) is 13.3 Å². The minimum Gasteiger partial charge on any atom is -0.288 e. The number of rotatable bonds is 3. The predicted molar refractivity (Wildman–Crippen MR) is 59.1 cm³/mol. The van der Waals surface area contributed by atoms with Crippen LogP contribution in [0, 0.1) is 6.92 Å². The minimum absolute atomic E-state index is 0.224. The molecule has 0 spiro atoms. The number of carbonyl (C=O) groups is 2. The third-order valence-electron chi connectivity index (χ3n) is 1.97. The van der Waals surface area contributed by atoms with Crippen LogP contribution in [-0.4, -0.2) is 29.3 Å². The van der Waals surface area contributed by atoms with Gasteiger partial charge in [0.1, 0.15) is 0 Å². The van der Waals surface area contributed by atoms with Crippen LogP contribution in [0.25, 0.3) is 0 Å². The van der Waals surface area contributed by atoms with Crippen molar-refractivity contribution in [3.63, 3.8) is 0 Å². The molecule has 0 saturated carbocycles. The van der Waals surface area contributed by atoms with Gasteiger partial charge in [0, 0.05) is 18.3 Å². The van der Waals surface area contributed by atoms with Gasteiger partial charge in [-0.1, -0.05) is 0 Å². The Morgan fingerprint density at radius 2 is 2.06 bits per heavy atom. The van der Waals surface area contributed by atoms with Crippen LogP contribution in [0.3, 0.4) is 0 Å². The number of nitrogens with zero attached hydrogens (tertiary/aromatic N) is 2. The Balaban J connectivity index is 1.86. The van der Waals surface area contributed by atoms with E-state index in [1.165, 1.54) is 0 Å². The normalized spacial score (nSPS) is 14.9. The molecule has 84 valence electrons. The molecule has 1 aliphatic heterocycles. The molecule has 2 heterocycles. The second-order valence-corrected chi connectivity index (χ2v) is 4.31. The molecule has 7 heteroatoms. The largest absolute Gasteiger partial charge is 0.316 e. The number of carbonyl (C=O) groups excluding carboxylic acids is 2. The lowest BCUT2D eigenvalue weighted by Gasteiger charge is -1.95. The molecule has 2 N–H and O–H groups in total. The summed E-state index contributed by atoms with van der Waals surface area (Å²) in [5.74, 6) is -1.10. The number of aryl methyl sites for hydroxylation is 1. The molecule has 2 amide bonds. The van der Waals surface area contributed by atoms with E-state index >= 15 is 0 Å². The fourth-order valence-corrected chi connectivity index (χ4v) is 1.89. The highest BCUT2D eigenvalue weighted by atomic mass is 32.1. The van der Waals surface area contributed by atoms with E-state index in [9.17, 15) is 9.59 Å². The van der Waals surface area contributed by atoms with E-state index in [-0.39, 0.29) is 5.96 Å². The van der Waals surface area contributed by atoms with E-state index in [0.717, 1.165) is 10.7 Å². The summed E-state index contributed by atoms with van der Waals surface area (Å²) in [5, 5.41) is 7.65. The van der Waals surface area contributed by atoms with Crippen molar-refractivity contribution in [2.24, 2.45) is 4.99 Å². The summed E-state index contributed by atoms with van der Waals surface area (Å²) in [4.78, 5) is 29.9. The fourth-order valence-electron chi connectivity index (χ4n) is 1.24. The molecule has 6 nitrogen and oxygen atoms in total. The number of nitrogens with one attached hydrogen (secondary N) is 2. The number of hydrogen-bond acceptors (Lipinski definition) is 5. The molecule has 0 bridgehead atoms. The quantitative estimate of drug-likeness (QED) is 0.702. The lowest BCUT2D eigenvalue weighted by molar-refractivity contribution is -0.135. The highest BCUT2D eigenvalue weighted by Crippen LogP contribution is 2.08. The van der Waals surface area contributed by atoms with Crippen LogP contribution in [0.1, 0.15) is 10.7 Å². The monoisotopic (exact) mass is 238 g/mol. The molecule has 2 rings (SSSR count). The smallest absolute Gasteiger partial charge is 0.288 e. The van der Waals surface area contributed by atoms with Gasteiger partial charge < -0.3 is 0 Å². The summed E-state index contributed by atoms with van der Waals surface area (Å²) in [6, 6.07) is 0. The Labute approximate surface area is 95.8 Å². The van der Waals surface area contributed by atoms with Gasteiger partial charge in [0.2, 0.25) is 5.96 Å². The maximum absolute atomic E-state index is 10.8. The van der Waals surface area contributed by atoms with Gasteiger partial charge in [0.25, 0.3) is 0 Å². The highest BCUT2D eigenvalue weighted by Gasteiger charge is 2.24. The number of hydrogen-bond donors (Lipinski definition) is 2. The first-order chi connectivity index (χ1) is 7.65. The van der Waals surface area contributed by atoms with Gasteiger partial charge in [-0.25, -0.2) is 4.98 Å². The van der Waals surface area contributed by atoms with Crippen LogP contribution in [0.4, 0.5) is 0 Å². The molecule has 1 fully saturated rings. The van der Waals surface area contributed by atoms with Gasteiger partial charge in [-0.05, 0) is 6.92 Å². The Bertz CT molecular complexity index is 448. The second-order valence-electron chi connectivity index (χ2n) is 3.25. The van der Waals surface area contributed by atoms with E-state index in [4.69, 9.17) is 0 Å². The molecule has 1 aromatic rings. The van der Waals surface area contributed by atoms with E-state index in [2.05, 4.69) is 20.6 Å². The third kappa shape index (κ3) is 2.43. The molecule has 1 aromatic heterocycles. The summed E-state index contributed by atoms with van der Waals surface area (Å²) in [6.45, 7) is 2.43. The molecule has 1 saturated heterocycles. The third-order valence-corrected chi connectivity index (χ3v) is 2.80. The average molecular weight is 238 g/mol. The van der Waals surface area contributed by atoms with Crippen molar-refractivity contribution < 1.29 is 9.59 Å². The van der Waals surface area contributed by atoms with Crippen molar-refractivity contribution in [1.82, 2.24) is 15.6 Å². The summed E-state index contributed by atoms with van der Waals surface area (Å²) < 4.78 is 0. The first kappa shape index (κ1) is 10.7.